The standard InChI is InChI=1S/C17H27N3O/c1-14-11-20(12-15(2)19-14)13-17(21)18-10-6-9-16-7-4-3-5-8-16/h3-5,7-8,14-15,19H,6,9-13H2,1-2H3,(H,18,21). The Bertz CT molecular complexity index is 425. The second-order valence-electron chi connectivity index (χ2n) is 6.10. The van der Waals surface area contributed by atoms with Crippen molar-refractivity contribution in [3.8, 4) is 0 Å². The molecule has 1 amide bonds. The van der Waals surface area contributed by atoms with Gasteiger partial charge in [-0.2, -0.15) is 0 Å². The van der Waals surface area contributed by atoms with E-state index in [1.807, 2.05) is 6.07 Å². The molecule has 116 valence electrons. The monoisotopic (exact) mass is 289 g/mol. The third-order valence-corrected chi connectivity index (χ3v) is 3.81. The van der Waals surface area contributed by atoms with Crippen LogP contribution >= 0.6 is 0 Å². The molecule has 1 fully saturated rings. The minimum absolute atomic E-state index is 0.143. The molecule has 4 heteroatoms. The van der Waals surface area contributed by atoms with Gasteiger partial charge in [0.05, 0.1) is 6.54 Å². The molecule has 1 aromatic rings. The molecule has 0 aromatic heterocycles. The van der Waals surface area contributed by atoms with Crippen LogP contribution in [0.3, 0.4) is 0 Å². The van der Waals surface area contributed by atoms with Crippen molar-refractivity contribution in [3.63, 3.8) is 0 Å². The molecule has 2 rings (SSSR count). The highest BCUT2D eigenvalue weighted by molar-refractivity contribution is 5.78. The number of amides is 1. The van der Waals surface area contributed by atoms with Gasteiger partial charge in [-0.15, -0.1) is 0 Å². The normalized spacial score (nSPS) is 23.0. The lowest BCUT2D eigenvalue weighted by molar-refractivity contribution is -0.122. The number of rotatable bonds is 6. The fourth-order valence-electron chi connectivity index (χ4n) is 2.99. The van der Waals surface area contributed by atoms with Crippen LogP contribution in [-0.4, -0.2) is 49.1 Å². The van der Waals surface area contributed by atoms with Crippen molar-refractivity contribution < 1.29 is 4.79 Å². The van der Waals surface area contributed by atoms with Crippen LogP contribution in [0.2, 0.25) is 0 Å². The first kappa shape index (κ1) is 16.0. The van der Waals surface area contributed by atoms with Crippen molar-refractivity contribution in [1.29, 1.82) is 0 Å². The molecule has 1 aromatic carbocycles. The molecule has 0 saturated carbocycles. The van der Waals surface area contributed by atoms with Gasteiger partial charge in [0.2, 0.25) is 5.91 Å². The maximum Gasteiger partial charge on any atom is 0.234 e. The quantitative estimate of drug-likeness (QED) is 0.779. The van der Waals surface area contributed by atoms with E-state index in [0.717, 1.165) is 32.5 Å². The van der Waals surface area contributed by atoms with Gasteiger partial charge in [0.25, 0.3) is 0 Å². The summed E-state index contributed by atoms with van der Waals surface area (Å²) in [7, 11) is 0. The average molecular weight is 289 g/mol. The topological polar surface area (TPSA) is 44.4 Å². The molecule has 1 saturated heterocycles. The second-order valence-corrected chi connectivity index (χ2v) is 6.10. The highest BCUT2D eigenvalue weighted by atomic mass is 16.2. The lowest BCUT2D eigenvalue weighted by atomic mass is 10.1. The molecule has 2 atom stereocenters. The SMILES string of the molecule is CC1CN(CC(=O)NCCCc2ccccc2)CC(C)N1. The smallest absolute Gasteiger partial charge is 0.234 e. The van der Waals surface area contributed by atoms with Crippen molar-refractivity contribution in [2.45, 2.75) is 38.8 Å². The highest BCUT2D eigenvalue weighted by Gasteiger charge is 2.22. The van der Waals surface area contributed by atoms with Gasteiger partial charge in [-0.25, -0.2) is 0 Å². The molecule has 1 heterocycles. The summed E-state index contributed by atoms with van der Waals surface area (Å²) in [6.07, 6.45) is 2.01. The summed E-state index contributed by atoms with van der Waals surface area (Å²) in [4.78, 5) is 14.2. The van der Waals surface area contributed by atoms with Gasteiger partial charge in [0.1, 0.15) is 0 Å². The van der Waals surface area contributed by atoms with Gasteiger partial charge in [-0.05, 0) is 32.3 Å². The Morgan fingerprint density at radius 3 is 2.57 bits per heavy atom. The van der Waals surface area contributed by atoms with E-state index in [4.69, 9.17) is 0 Å². The van der Waals surface area contributed by atoms with Crippen molar-refractivity contribution >= 4 is 5.91 Å². The molecule has 0 bridgehead atoms. The van der Waals surface area contributed by atoms with Gasteiger partial charge in [0, 0.05) is 31.7 Å². The van der Waals surface area contributed by atoms with E-state index in [1.54, 1.807) is 0 Å². The number of benzene rings is 1. The number of nitrogens with zero attached hydrogens (tertiary/aromatic N) is 1. The maximum absolute atomic E-state index is 12.0. The third-order valence-electron chi connectivity index (χ3n) is 3.81. The first-order valence-corrected chi connectivity index (χ1v) is 7.92. The summed E-state index contributed by atoms with van der Waals surface area (Å²) < 4.78 is 0. The molecule has 1 aliphatic heterocycles. The molecular weight excluding hydrogens is 262 g/mol. The third kappa shape index (κ3) is 5.86. The minimum atomic E-state index is 0.143. The molecule has 21 heavy (non-hydrogen) atoms. The zero-order valence-corrected chi connectivity index (χ0v) is 13.1. The zero-order valence-electron chi connectivity index (χ0n) is 13.1. The summed E-state index contributed by atoms with van der Waals surface area (Å²) in [6.45, 7) is 7.50. The van der Waals surface area contributed by atoms with E-state index in [-0.39, 0.29) is 5.91 Å². The van der Waals surface area contributed by atoms with Crippen LogP contribution in [0.5, 0.6) is 0 Å². The van der Waals surface area contributed by atoms with Crippen molar-refractivity contribution in [1.82, 2.24) is 15.5 Å². The predicted octanol–water partition coefficient (Wildman–Crippen LogP) is 1.42. The predicted molar refractivity (Wildman–Crippen MR) is 86.3 cm³/mol. The van der Waals surface area contributed by atoms with Crippen molar-refractivity contribution in [3.05, 3.63) is 35.9 Å². The van der Waals surface area contributed by atoms with Gasteiger partial charge < -0.3 is 10.6 Å². The average Bonchev–Trinajstić information content (AvgIpc) is 2.43. The van der Waals surface area contributed by atoms with E-state index in [1.165, 1.54) is 5.56 Å². The zero-order chi connectivity index (χ0) is 15.1. The van der Waals surface area contributed by atoms with Gasteiger partial charge >= 0.3 is 0 Å². The van der Waals surface area contributed by atoms with Crippen LogP contribution in [0.25, 0.3) is 0 Å². The molecule has 0 radical (unpaired) electrons. The molecule has 0 spiro atoms. The van der Waals surface area contributed by atoms with Crippen LogP contribution in [0.1, 0.15) is 25.8 Å². The van der Waals surface area contributed by atoms with E-state index in [2.05, 4.69) is 53.6 Å². The first-order valence-electron chi connectivity index (χ1n) is 7.92. The molecule has 2 N–H and O–H groups in total. The van der Waals surface area contributed by atoms with Crippen LogP contribution < -0.4 is 10.6 Å². The highest BCUT2D eigenvalue weighted by Crippen LogP contribution is 2.04. The largest absolute Gasteiger partial charge is 0.355 e. The van der Waals surface area contributed by atoms with E-state index >= 15 is 0 Å². The number of aryl methyl sites for hydroxylation is 1. The van der Waals surface area contributed by atoms with Gasteiger partial charge in [-0.1, -0.05) is 30.3 Å². The Morgan fingerprint density at radius 2 is 1.90 bits per heavy atom. The fourth-order valence-corrected chi connectivity index (χ4v) is 2.99. The summed E-state index contributed by atoms with van der Waals surface area (Å²) in [5, 5.41) is 6.51. The lowest BCUT2D eigenvalue weighted by Gasteiger charge is -2.35. The Labute approximate surface area is 127 Å². The Kier molecular flexibility index (Phi) is 6.21. The number of carbonyl (C=O) groups excluding carboxylic acids is 1. The lowest BCUT2D eigenvalue weighted by Crippen LogP contribution is -2.56. The number of hydrogen-bond acceptors (Lipinski definition) is 3. The van der Waals surface area contributed by atoms with E-state index in [0.29, 0.717) is 18.6 Å². The van der Waals surface area contributed by atoms with E-state index in [9.17, 15) is 4.79 Å². The Morgan fingerprint density at radius 1 is 1.24 bits per heavy atom. The minimum Gasteiger partial charge on any atom is -0.355 e. The number of hydrogen-bond donors (Lipinski definition) is 2. The molecule has 4 nitrogen and oxygen atoms in total. The summed E-state index contributed by atoms with van der Waals surface area (Å²) in [5.74, 6) is 0.143. The molecular formula is C17H27N3O. The molecule has 1 aliphatic rings. The first-order chi connectivity index (χ1) is 10.1. The van der Waals surface area contributed by atoms with Crippen LogP contribution in [-0.2, 0) is 11.2 Å². The van der Waals surface area contributed by atoms with Crippen LogP contribution in [0.4, 0.5) is 0 Å². The molecule has 0 aliphatic carbocycles. The number of carbonyl (C=O) groups is 1. The fraction of sp³-hybridized carbons (Fsp3) is 0.588. The Hall–Kier alpha value is -1.39. The summed E-state index contributed by atoms with van der Waals surface area (Å²) in [5.41, 5.74) is 1.33. The Balaban J connectivity index is 1.61. The summed E-state index contributed by atoms with van der Waals surface area (Å²) >= 11 is 0. The van der Waals surface area contributed by atoms with Crippen LogP contribution in [0, 0.1) is 0 Å². The number of nitrogens with one attached hydrogen (secondary N) is 2. The number of piperazine rings is 1. The molecule has 2 unspecified atom stereocenters. The second kappa shape index (κ2) is 8.15. The maximum atomic E-state index is 12.0. The van der Waals surface area contributed by atoms with Crippen molar-refractivity contribution in [2.75, 3.05) is 26.2 Å². The van der Waals surface area contributed by atoms with Gasteiger partial charge in [0.15, 0.2) is 0 Å². The van der Waals surface area contributed by atoms with Crippen LogP contribution in [0.15, 0.2) is 30.3 Å². The van der Waals surface area contributed by atoms with Crippen molar-refractivity contribution in [2.24, 2.45) is 0 Å². The summed E-state index contributed by atoms with van der Waals surface area (Å²) in [6, 6.07) is 11.3. The van der Waals surface area contributed by atoms with E-state index < -0.39 is 0 Å². The van der Waals surface area contributed by atoms with Gasteiger partial charge in [-0.3, -0.25) is 9.69 Å².